The molecule has 0 aliphatic heterocycles. The summed E-state index contributed by atoms with van der Waals surface area (Å²) in [5.74, 6) is -0.0330. The minimum absolute atomic E-state index is 0.0815. The Hall–Kier alpha value is -0.760. The third-order valence-electron chi connectivity index (χ3n) is 1.58. The molecule has 0 aromatic rings. The van der Waals surface area contributed by atoms with Gasteiger partial charge in [-0.25, -0.2) is 0 Å². The summed E-state index contributed by atoms with van der Waals surface area (Å²) in [4.78, 5) is 11.4. The minimum Gasteiger partial charge on any atom is -0.463 e. The number of carbonyl (C=O) groups is 1. The van der Waals surface area contributed by atoms with Gasteiger partial charge in [0.1, 0.15) is 0 Å². The van der Waals surface area contributed by atoms with Crippen molar-refractivity contribution in [3.63, 3.8) is 0 Å². The molecule has 0 radical (unpaired) electrons. The molecule has 3 heteroatoms. The average molecular weight is 217 g/mol. The summed E-state index contributed by atoms with van der Waals surface area (Å²) in [5, 5.41) is 0. The highest BCUT2D eigenvalue weighted by Crippen LogP contribution is 2.09. The normalized spacial score (nSPS) is 13.1. The van der Waals surface area contributed by atoms with Crippen molar-refractivity contribution in [2.24, 2.45) is 5.92 Å². The molecule has 80 valence electrons. The molecule has 0 amide bonds. The summed E-state index contributed by atoms with van der Waals surface area (Å²) in [6, 6.07) is 0. The lowest BCUT2D eigenvalue weighted by molar-refractivity contribution is -0.150. The fourth-order valence-electron chi connectivity index (χ4n) is 0.914. The Kier molecular flexibility index (Phi) is 7.21. The topological polar surface area (TPSA) is 26.3 Å². The quantitative estimate of drug-likeness (QED) is 0.388. The molecular weight excluding hydrogens is 200 g/mol. The molecule has 0 saturated heterocycles. The third kappa shape index (κ3) is 5.81. The van der Waals surface area contributed by atoms with Gasteiger partial charge in [0.2, 0.25) is 0 Å². The van der Waals surface area contributed by atoms with E-state index in [2.05, 4.69) is 6.58 Å². The van der Waals surface area contributed by atoms with Gasteiger partial charge in [0.15, 0.2) is 0 Å². The lowest BCUT2D eigenvalue weighted by atomic mass is 10.1. The van der Waals surface area contributed by atoms with Crippen LogP contribution in [-0.2, 0) is 9.53 Å². The van der Waals surface area contributed by atoms with Crippen LogP contribution in [0.1, 0.15) is 20.3 Å². The van der Waals surface area contributed by atoms with Crippen molar-refractivity contribution in [2.45, 2.75) is 26.4 Å². The van der Waals surface area contributed by atoms with E-state index in [-0.39, 0.29) is 18.0 Å². The van der Waals surface area contributed by atoms with Gasteiger partial charge in [-0.05, 0) is 20.3 Å². The van der Waals surface area contributed by atoms with Crippen molar-refractivity contribution >= 4 is 17.6 Å². The van der Waals surface area contributed by atoms with E-state index in [1.54, 1.807) is 12.2 Å². The van der Waals surface area contributed by atoms with Gasteiger partial charge >= 0.3 is 5.97 Å². The van der Waals surface area contributed by atoms with Crippen molar-refractivity contribution in [3.8, 4) is 0 Å². The zero-order valence-corrected chi connectivity index (χ0v) is 9.46. The number of hydrogen-bond donors (Lipinski definition) is 0. The first kappa shape index (κ1) is 13.2. The fourth-order valence-corrected chi connectivity index (χ4v) is 1.04. The Morgan fingerprint density at radius 3 is 2.57 bits per heavy atom. The molecule has 0 fully saturated rings. The highest BCUT2D eigenvalue weighted by molar-refractivity contribution is 6.18. The monoisotopic (exact) mass is 216 g/mol. The van der Waals surface area contributed by atoms with Crippen LogP contribution in [0.2, 0.25) is 0 Å². The van der Waals surface area contributed by atoms with Crippen LogP contribution in [0.3, 0.4) is 0 Å². The smallest absolute Gasteiger partial charge is 0.313 e. The molecule has 0 rings (SSSR count). The van der Waals surface area contributed by atoms with Gasteiger partial charge in [-0.15, -0.1) is 18.2 Å². The van der Waals surface area contributed by atoms with Crippen LogP contribution < -0.4 is 0 Å². The number of halogens is 1. The average Bonchev–Trinajstić information content (AvgIpc) is 2.11. The van der Waals surface area contributed by atoms with E-state index >= 15 is 0 Å². The van der Waals surface area contributed by atoms with Gasteiger partial charge < -0.3 is 4.74 Å². The molecule has 14 heavy (non-hydrogen) atoms. The van der Waals surface area contributed by atoms with Crippen molar-refractivity contribution in [3.05, 3.63) is 24.8 Å². The highest BCUT2D eigenvalue weighted by atomic mass is 35.5. The van der Waals surface area contributed by atoms with Crippen molar-refractivity contribution < 1.29 is 9.53 Å². The first-order valence-corrected chi connectivity index (χ1v) is 5.19. The molecule has 0 N–H and O–H groups in total. The SMILES string of the molecule is C=CC(CC=CCCl)C(=O)OC(C)C. The number of carbonyl (C=O) groups excluding carboxylic acids is 1. The van der Waals surface area contributed by atoms with Crippen LogP contribution >= 0.6 is 11.6 Å². The van der Waals surface area contributed by atoms with Crippen LogP contribution in [0.4, 0.5) is 0 Å². The summed E-state index contributed by atoms with van der Waals surface area (Å²) >= 11 is 5.46. The van der Waals surface area contributed by atoms with E-state index in [1.165, 1.54) is 0 Å². The Labute approximate surface area is 90.6 Å². The van der Waals surface area contributed by atoms with E-state index in [4.69, 9.17) is 16.3 Å². The lowest BCUT2D eigenvalue weighted by Gasteiger charge is -2.12. The van der Waals surface area contributed by atoms with E-state index in [0.29, 0.717) is 12.3 Å². The second kappa shape index (κ2) is 7.63. The van der Waals surface area contributed by atoms with E-state index in [1.807, 2.05) is 19.9 Å². The first-order chi connectivity index (χ1) is 6.61. The van der Waals surface area contributed by atoms with Crippen LogP contribution in [-0.4, -0.2) is 18.0 Å². The molecule has 1 atom stereocenters. The lowest BCUT2D eigenvalue weighted by Crippen LogP contribution is -2.19. The molecular formula is C11H17ClO2. The second-order valence-corrected chi connectivity index (χ2v) is 3.50. The molecule has 0 bridgehead atoms. The van der Waals surface area contributed by atoms with Crippen molar-refractivity contribution in [1.29, 1.82) is 0 Å². The molecule has 1 unspecified atom stereocenters. The minimum atomic E-state index is -0.267. The van der Waals surface area contributed by atoms with Crippen molar-refractivity contribution in [2.75, 3.05) is 5.88 Å². The van der Waals surface area contributed by atoms with E-state index in [0.717, 1.165) is 0 Å². The van der Waals surface area contributed by atoms with Gasteiger partial charge in [-0.3, -0.25) is 4.79 Å². The Morgan fingerprint density at radius 2 is 2.14 bits per heavy atom. The maximum atomic E-state index is 11.4. The molecule has 0 spiro atoms. The predicted molar refractivity (Wildman–Crippen MR) is 59.4 cm³/mol. The summed E-state index contributed by atoms with van der Waals surface area (Å²) < 4.78 is 5.06. The van der Waals surface area contributed by atoms with Gasteiger partial charge in [0.05, 0.1) is 12.0 Å². The largest absolute Gasteiger partial charge is 0.463 e. The number of allylic oxidation sites excluding steroid dienone is 2. The molecule has 0 aromatic heterocycles. The number of hydrogen-bond acceptors (Lipinski definition) is 2. The maximum absolute atomic E-state index is 11.4. The highest BCUT2D eigenvalue weighted by Gasteiger charge is 2.15. The third-order valence-corrected chi connectivity index (χ3v) is 1.76. The van der Waals surface area contributed by atoms with Crippen LogP contribution in [0.25, 0.3) is 0 Å². The Bertz CT molecular complexity index is 209. The van der Waals surface area contributed by atoms with Gasteiger partial charge in [0, 0.05) is 5.88 Å². The van der Waals surface area contributed by atoms with Crippen LogP contribution in [0.5, 0.6) is 0 Å². The summed E-state index contributed by atoms with van der Waals surface area (Å²) in [6.45, 7) is 7.25. The first-order valence-electron chi connectivity index (χ1n) is 4.65. The van der Waals surface area contributed by atoms with Gasteiger partial charge in [-0.1, -0.05) is 18.2 Å². The summed E-state index contributed by atoms with van der Waals surface area (Å²) in [5.41, 5.74) is 0. The number of esters is 1. The molecule has 2 nitrogen and oxygen atoms in total. The van der Waals surface area contributed by atoms with Crippen molar-refractivity contribution in [1.82, 2.24) is 0 Å². The number of ether oxygens (including phenoxy) is 1. The zero-order chi connectivity index (χ0) is 11.0. The number of alkyl halides is 1. The van der Waals surface area contributed by atoms with Gasteiger partial charge in [-0.2, -0.15) is 0 Å². The second-order valence-electron chi connectivity index (χ2n) is 3.19. The summed E-state index contributed by atoms with van der Waals surface area (Å²) in [7, 11) is 0. The molecule has 0 heterocycles. The van der Waals surface area contributed by atoms with E-state index in [9.17, 15) is 4.79 Å². The van der Waals surface area contributed by atoms with Crippen LogP contribution in [0.15, 0.2) is 24.8 Å². The molecule has 0 aliphatic rings. The molecule has 0 saturated carbocycles. The van der Waals surface area contributed by atoms with Gasteiger partial charge in [0.25, 0.3) is 0 Å². The Balaban J connectivity index is 4.05. The summed E-state index contributed by atoms with van der Waals surface area (Å²) in [6.07, 6.45) is 5.79. The predicted octanol–water partition coefficient (Wildman–Crippen LogP) is 2.93. The number of rotatable bonds is 6. The fraction of sp³-hybridized carbons (Fsp3) is 0.545. The standard InChI is InChI=1S/C11H17ClO2/c1-4-10(7-5-6-8-12)11(13)14-9(2)3/h4-6,9-10H,1,7-8H2,2-3H3. The molecule has 0 aliphatic carbocycles. The zero-order valence-electron chi connectivity index (χ0n) is 8.70. The molecule has 0 aromatic carbocycles. The van der Waals surface area contributed by atoms with E-state index < -0.39 is 0 Å². The maximum Gasteiger partial charge on any atom is 0.313 e. The Morgan fingerprint density at radius 1 is 1.50 bits per heavy atom. The van der Waals surface area contributed by atoms with Crippen LogP contribution in [0, 0.1) is 5.92 Å².